The standard InChI is InChI=1S/C15H16ClN3S/c1-10-8-13(16)14(17-9-10)19-15(20)18-11(2)12-6-4-3-5-7-12/h3-9,11H,1-2H3,(H2,17,18,19,20)/t11-/m0/s1. The highest BCUT2D eigenvalue weighted by Crippen LogP contribution is 2.20. The van der Waals surface area contributed by atoms with Crippen molar-refractivity contribution in [2.45, 2.75) is 19.9 Å². The minimum absolute atomic E-state index is 0.112. The van der Waals surface area contributed by atoms with Crippen molar-refractivity contribution in [1.82, 2.24) is 10.3 Å². The second kappa shape index (κ2) is 6.68. The van der Waals surface area contributed by atoms with Crippen LogP contribution < -0.4 is 10.6 Å². The number of hydrogen-bond acceptors (Lipinski definition) is 2. The number of halogens is 1. The van der Waals surface area contributed by atoms with Crippen molar-refractivity contribution in [3.8, 4) is 0 Å². The van der Waals surface area contributed by atoms with Crippen molar-refractivity contribution >= 4 is 34.7 Å². The van der Waals surface area contributed by atoms with E-state index in [-0.39, 0.29) is 6.04 Å². The second-order valence-electron chi connectivity index (χ2n) is 4.57. The number of aryl methyl sites for hydroxylation is 1. The maximum Gasteiger partial charge on any atom is 0.172 e. The molecule has 0 spiro atoms. The Morgan fingerprint density at radius 1 is 1.30 bits per heavy atom. The van der Waals surface area contributed by atoms with Crippen molar-refractivity contribution in [1.29, 1.82) is 0 Å². The summed E-state index contributed by atoms with van der Waals surface area (Å²) < 4.78 is 0. The van der Waals surface area contributed by atoms with Crippen LogP contribution in [-0.2, 0) is 0 Å². The number of nitrogens with zero attached hydrogens (tertiary/aromatic N) is 1. The largest absolute Gasteiger partial charge is 0.356 e. The molecule has 0 aliphatic rings. The highest BCUT2D eigenvalue weighted by Gasteiger charge is 2.08. The lowest BCUT2D eigenvalue weighted by Gasteiger charge is -2.17. The first kappa shape index (κ1) is 14.8. The van der Waals surface area contributed by atoms with Gasteiger partial charge in [0.15, 0.2) is 10.9 Å². The average molecular weight is 306 g/mol. The summed E-state index contributed by atoms with van der Waals surface area (Å²) in [4.78, 5) is 4.23. The first-order valence-corrected chi connectivity index (χ1v) is 7.09. The number of nitrogens with one attached hydrogen (secondary N) is 2. The van der Waals surface area contributed by atoms with Gasteiger partial charge in [0.2, 0.25) is 0 Å². The van der Waals surface area contributed by atoms with Crippen LogP contribution >= 0.6 is 23.8 Å². The molecule has 1 atom stereocenters. The van der Waals surface area contributed by atoms with Crippen molar-refractivity contribution in [3.63, 3.8) is 0 Å². The molecule has 0 saturated carbocycles. The third-order valence-electron chi connectivity index (χ3n) is 2.86. The number of anilines is 1. The lowest BCUT2D eigenvalue weighted by Crippen LogP contribution is -2.31. The highest BCUT2D eigenvalue weighted by molar-refractivity contribution is 7.80. The summed E-state index contributed by atoms with van der Waals surface area (Å²) in [5, 5.41) is 7.28. The van der Waals surface area contributed by atoms with Gasteiger partial charge in [-0.3, -0.25) is 0 Å². The molecule has 1 aromatic heterocycles. The van der Waals surface area contributed by atoms with Crippen LogP contribution in [0, 0.1) is 6.92 Å². The van der Waals surface area contributed by atoms with Crippen molar-refractivity contribution < 1.29 is 0 Å². The van der Waals surface area contributed by atoms with Gasteiger partial charge in [0, 0.05) is 6.20 Å². The molecule has 2 rings (SSSR count). The molecule has 1 aromatic carbocycles. The zero-order valence-corrected chi connectivity index (χ0v) is 12.9. The number of thiocarbonyl (C=S) groups is 1. The maximum absolute atomic E-state index is 6.11. The molecule has 5 heteroatoms. The van der Waals surface area contributed by atoms with Gasteiger partial charge in [-0.05, 0) is 43.3 Å². The summed E-state index contributed by atoms with van der Waals surface area (Å²) >= 11 is 11.4. The summed E-state index contributed by atoms with van der Waals surface area (Å²) in [6, 6.07) is 12.1. The fraction of sp³-hybridized carbons (Fsp3) is 0.200. The predicted octanol–water partition coefficient (Wildman–Crippen LogP) is 4.09. The van der Waals surface area contributed by atoms with E-state index in [1.165, 1.54) is 5.56 Å². The number of hydrogen-bond donors (Lipinski definition) is 2. The van der Waals surface area contributed by atoms with Gasteiger partial charge in [0.05, 0.1) is 11.1 Å². The van der Waals surface area contributed by atoms with Gasteiger partial charge in [-0.1, -0.05) is 41.9 Å². The first-order valence-electron chi connectivity index (χ1n) is 6.31. The van der Waals surface area contributed by atoms with E-state index in [4.69, 9.17) is 23.8 Å². The zero-order valence-electron chi connectivity index (χ0n) is 11.4. The van der Waals surface area contributed by atoms with E-state index in [2.05, 4.69) is 27.8 Å². The van der Waals surface area contributed by atoms with Crippen LogP contribution in [-0.4, -0.2) is 10.1 Å². The Hall–Kier alpha value is -1.65. The molecular weight excluding hydrogens is 290 g/mol. The SMILES string of the molecule is Cc1cnc(NC(=S)N[C@@H](C)c2ccccc2)c(Cl)c1. The van der Waals surface area contributed by atoms with E-state index in [1.807, 2.05) is 38.1 Å². The summed E-state index contributed by atoms with van der Waals surface area (Å²) in [6.45, 7) is 3.99. The Bertz CT molecular complexity index is 601. The lowest BCUT2D eigenvalue weighted by molar-refractivity contribution is 0.722. The van der Waals surface area contributed by atoms with Gasteiger partial charge in [-0.2, -0.15) is 0 Å². The Morgan fingerprint density at radius 2 is 2.00 bits per heavy atom. The fourth-order valence-electron chi connectivity index (χ4n) is 1.79. The third kappa shape index (κ3) is 3.92. The van der Waals surface area contributed by atoms with Crippen LogP contribution in [0.2, 0.25) is 5.02 Å². The molecule has 0 radical (unpaired) electrons. The summed E-state index contributed by atoms with van der Waals surface area (Å²) in [6.07, 6.45) is 1.75. The van der Waals surface area contributed by atoms with Gasteiger partial charge in [0.25, 0.3) is 0 Å². The maximum atomic E-state index is 6.11. The molecule has 0 unspecified atom stereocenters. The lowest BCUT2D eigenvalue weighted by atomic mass is 10.1. The molecule has 0 amide bonds. The molecule has 2 aromatic rings. The van der Waals surface area contributed by atoms with E-state index >= 15 is 0 Å². The minimum atomic E-state index is 0.112. The monoisotopic (exact) mass is 305 g/mol. The van der Waals surface area contributed by atoms with Gasteiger partial charge >= 0.3 is 0 Å². The van der Waals surface area contributed by atoms with Crippen LogP contribution in [0.1, 0.15) is 24.1 Å². The first-order chi connectivity index (χ1) is 9.56. The number of benzene rings is 1. The number of aromatic nitrogens is 1. The normalized spacial score (nSPS) is 11.8. The van der Waals surface area contributed by atoms with Gasteiger partial charge in [-0.15, -0.1) is 0 Å². The number of pyridine rings is 1. The van der Waals surface area contributed by atoms with Crippen LogP contribution in [0.25, 0.3) is 0 Å². The molecule has 3 nitrogen and oxygen atoms in total. The molecule has 0 aliphatic heterocycles. The molecular formula is C15H16ClN3S. The topological polar surface area (TPSA) is 37.0 Å². The molecule has 0 aliphatic carbocycles. The average Bonchev–Trinajstić information content (AvgIpc) is 2.43. The summed E-state index contributed by atoms with van der Waals surface area (Å²) in [7, 11) is 0. The van der Waals surface area contributed by atoms with Gasteiger partial charge in [-0.25, -0.2) is 4.98 Å². The molecule has 0 saturated heterocycles. The van der Waals surface area contributed by atoms with Crippen LogP contribution in [0.5, 0.6) is 0 Å². The molecule has 2 N–H and O–H groups in total. The van der Waals surface area contributed by atoms with Crippen molar-refractivity contribution in [2.75, 3.05) is 5.32 Å². The fourth-order valence-corrected chi connectivity index (χ4v) is 2.33. The smallest absolute Gasteiger partial charge is 0.172 e. The van der Waals surface area contributed by atoms with Crippen LogP contribution in [0.4, 0.5) is 5.82 Å². The van der Waals surface area contributed by atoms with Crippen LogP contribution in [0.15, 0.2) is 42.6 Å². The summed E-state index contributed by atoms with van der Waals surface area (Å²) in [5.74, 6) is 0.565. The molecule has 0 bridgehead atoms. The Balaban J connectivity index is 1.99. The van der Waals surface area contributed by atoms with E-state index in [0.29, 0.717) is 16.0 Å². The molecule has 104 valence electrons. The Kier molecular flexibility index (Phi) is 4.93. The van der Waals surface area contributed by atoms with E-state index in [1.54, 1.807) is 6.20 Å². The van der Waals surface area contributed by atoms with E-state index in [0.717, 1.165) is 5.56 Å². The third-order valence-corrected chi connectivity index (χ3v) is 3.37. The van der Waals surface area contributed by atoms with Gasteiger partial charge in [0.1, 0.15) is 0 Å². The minimum Gasteiger partial charge on any atom is -0.356 e. The second-order valence-corrected chi connectivity index (χ2v) is 5.39. The van der Waals surface area contributed by atoms with Gasteiger partial charge < -0.3 is 10.6 Å². The predicted molar refractivity (Wildman–Crippen MR) is 88.2 cm³/mol. The summed E-state index contributed by atoms with van der Waals surface area (Å²) in [5.41, 5.74) is 2.18. The quantitative estimate of drug-likeness (QED) is 0.838. The van der Waals surface area contributed by atoms with Crippen molar-refractivity contribution in [3.05, 3.63) is 58.7 Å². The van der Waals surface area contributed by atoms with Crippen LogP contribution in [0.3, 0.4) is 0 Å². The van der Waals surface area contributed by atoms with Crippen molar-refractivity contribution in [2.24, 2.45) is 0 Å². The highest BCUT2D eigenvalue weighted by atomic mass is 35.5. The zero-order chi connectivity index (χ0) is 14.5. The van der Waals surface area contributed by atoms with E-state index < -0.39 is 0 Å². The Labute approximate surface area is 129 Å². The molecule has 1 heterocycles. The molecule has 0 fully saturated rings. The Morgan fingerprint density at radius 3 is 2.65 bits per heavy atom. The molecule has 20 heavy (non-hydrogen) atoms. The van der Waals surface area contributed by atoms with E-state index in [9.17, 15) is 0 Å². The number of rotatable bonds is 3.